The number of hydrogen-bond acceptors (Lipinski definition) is 11. The van der Waals surface area contributed by atoms with Crippen molar-refractivity contribution in [2.75, 3.05) is 24.7 Å². The summed E-state index contributed by atoms with van der Waals surface area (Å²) < 4.78 is 53.7. The smallest absolute Gasteiger partial charge is 0.273 e. The summed E-state index contributed by atoms with van der Waals surface area (Å²) in [4.78, 5) is 17.1. The molecule has 0 spiro atoms. The molecule has 0 radical (unpaired) electrons. The molecule has 6 bridgehead atoms. The van der Waals surface area contributed by atoms with Gasteiger partial charge < -0.3 is 29.8 Å². The molecule has 0 unspecified atom stereocenters. The van der Waals surface area contributed by atoms with Crippen LogP contribution in [0, 0.1) is 12.7 Å². The van der Waals surface area contributed by atoms with Crippen LogP contribution in [0.15, 0.2) is 34.7 Å². The normalized spacial score (nSPS) is 14.2. The van der Waals surface area contributed by atoms with E-state index in [1.165, 1.54) is 25.3 Å². The number of carbonyl (C=O) groups is 1. The summed E-state index contributed by atoms with van der Waals surface area (Å²) in [5, 5.41) is 23.8. The third-order valence-corrected chi connectivity index (χ3v) is 5.18. The average molecular weight is 495 g/mol. The first-order valence-electron chi connectivity index (χ1n) is 12.1. The minimum absolute atomic E-state index is 0.0316. The number of carbonyl (C=O) groups excluding carboxylic acids is 1. The number of amides is 1. The van der Waals surface area contributed by atoms with E-state index in [2.05, 4.69) is 36.0 Å². The van der Waals surface area contributed by atoms with E-state index in [-0.39, 0.29) is 53.6 Å². The van der Waals surface area contributed by atoms with Gasteiger partial charge in [-0.2, -0.15) is 0 Å². The summed E-state index contributed by atoms with van der Waals surface area (Å²) in [6.07, 6.45) is 0. The van der Waals surface area contributed by atoms with Crippen molar-refractivity contribution in [3.63, 3.8) is 0 Å². The predicted octanol–water partition coefficient (Wildman–Crippen LogP) is 3.25. The van der Waals surface area contributed by atoms with E-state index in [1.54, 1.807) is 19.1 Å². The minimum atomic E-state index is -2.77. The summed E-state index contributed by atoms with van der Waals surface area (Å²) in [5.41, 5.74) is 1.18. The maximum atomic E-state index is 14.4. The number of fused-ring (bicyclic) bond motifs is 6. The Morgan fingerprint density at radius 3 is 2.78 bits per heavy atom. The Morgan fingerprint density at radius 2 is 2.00 bits per heavy atom. The van der Waals surface area contributed by atoms with Crippen molar-refractivity contribution in [1.82, 2.24) is 30.7 Å². The quantitative estimate of drug-likeness (QED) is 0.384. The van der Waals surface area contributed by atoms with Crippen molar-refractivity contribution >= 4 is 28.9 Å². The molecule has 0 atom stereocenters. The molecule has 0 aliphatic carbocycles. The number of nitrogens with zero attached hydrogens (tertiary/aromatic N) is 5. The number of methoxy groups -OCH3 is 1. The van der Waals surface area contributed by atoms with Crippen molar-refractivity contribution in [3.8, 4) is 17.2 Å². The van der Waals surface area contributed by atoms with Crippen molar-refractivity contribution in [2.24, 2.45) is 0 Å². The SMILES string of the molecule is [2H]C([2H])([2H])NC(=O)c1nnc2cc1Nc1cc(cc(-c3nnc(C)o3)c1OC)COCc1nc(ccc1F)N2. The zero-order valence-corrected chi connectivity index (χ0v) is 19.0. The molecule has 13 heteroatoms. The van der Waals surface area contributed by atoms with Crippen molar-refractivity contribution in [1.29, 1.82) is 0 Å². The van der Waals surface area contributed by atoms with E-state index in [0.29, 0.717) is 22.7 Å². The molecule has 184 valence electrons. The second kappa shape index (κ2) is 9.54. The van der Waals surface area contributed by atoms with Crippen molar-refractivity contribution in [3.05, 3.63) is 59.0 Å². The molecular weight excluding hydrogens is 471 g/mol. The standard InChI is InChI=1S/C23H21FN8O4/c1-11-29-32-23(36-11)13-6-12-7-16(21(13)34-3)26-15-8-19(30-31-20(15)22(33)25-2)28-18-5-4-14(24)17(27-18)10-35-9-12/h4-8,26H,9-10H2,1-3H3,(H,25,33)(H,27,28,30)/i2D3. The fourth-order valence-electron chi connectivity index (χ4n) is 3.62. The van der Waals surface area contributed by atoms with Gasteiger partial charge in [-0.25, -0.2) is 9.37 Å². The number of rotatable bonds is 3. The fourth-order valence-corrected chi connectivity index (χ4v) is 3.62. The number of hydrogen-bond donors (Lipinski definition) is 3. The number of nitrogens with one attached hydrogen (secondary N) is 3. The molecule has 36 heavy (non-hydrogen) atoms. The average Bonchev–Trinajstić information content (AvgIpc) is 3.30. The number of benzene rings is 1. The van der Waals surface area contributed by atoms with Crippen LogP contribution in [0.2, 0.25) is 0 Å². The second-order valence-electron chi connectivity index (χ2n) is 7.66. The number of anilines is 4. The zero-order chi connectivity index (χ0) is 27.7. The van der Waals surface area contributed by atoms with Gasteiger partial charge in [0.25, 0.3) is 11.8 Å². The molecule has 0 saturated heterocycles. The Morgan fingerprint density at radius 1 is 1.11 bits per heavy atom. The van der Waals surface area contributed by atoms with Gasteiger partial charge in [0.15, 0.2) is 17.3 Å². The van der Waals surface area contributed by atoms with Crippen LogP contribution in [0.3, 0.4) is 0 Å². The molecule has 3 aromatic heterocycles. The van der Waals surface area contributed by atoms with Gasteiger partial charge >= 0.3 is 0 Å². The lowest BCUT2D eigenvalue weighted by molar-refractivity contribution is 0.0958. The third-order valence-electron chi connectivity index (χ3n) is 5.18. The number of pyridine rings is 1. The Kier molecular flexibility index (Phi) is 5.20. The Labute approximate surface area is 208 Å². The lowest BCUT2D eigenvalue weighted by Gasteiger charge is -2.18. The molecule has 1 aliphatic heterocycles. The summed E-state index contributed by atoms with van der Waals surface area (Å²) in [5.74, 6) is -0.413. The molecule has 3 N–H and O–H groups in total. The van der Waals surface area contributed by atoms with Gasteiger partial charge in [0.2, 0.25) is 5.89 Å². The van der Waals surface area contributed by atoms with Crippen LogP contribution in [0.25, 0.3) is 11.5 Å². The largest absolute Gasteiger partial charge is 0.494 e. The first kappa shape index (κ1) is 19.6. The number of ether oxygens (including phenoxy) is 2. The van der Waals surface area contributed by atoms with Crippen molar-refractivity contribution < 1.29 is 27.2 Å². The summed E-state index contributed by atoms with van der Waals surface area (Å²) in [6.45, 7) is -1.23. The van der Waals surface area contributed by atoms with Gasteiger partial charge in [0.05, 0.1) is 37.3 Å². The Hall–Kier alpha value is -4.65. The molecule has 12 nitrogen and oxygen atoms in total. The van der Waals surface area contributed by atoms with Gasteiger partial charge in [-0.15, -0.1) is 20.4 Å². The van der Waals surface area contributed by atoms with Crippen LogP contribution in [0.1, 0.15) is 31.7 Å². The molecule has 5 rings (SSSR count). The van der Waals surface area contributed by atoms with Gasteiger partial charge in [-0.1, -0.05) is 0 Å². The van der Waals surface area contributed by atoms with Gasteiger partial charge in [0.1, 0.15) is 17.3 Å². The lowest BCUT2D eigenvalue weighted by Crippen LogP contribution is -2.21. The second-order valence-corrected chi connectivity index (χ2v) is 7.66. The summed E-state index contributed by atoms with van der Waals surface area (Å²) >= 11 is 0. The van der Waals surface area contributed by atoms with Crippen LogP contribution >= 0.6 is 0 Å². The first-order chi connectivity index (χ1) is 18.6. The highest BCUT2D eigenvalue weighted by Crippen LogP contribution is 2.39. The molecule has 4 aromatic rings. The molecular formula is C23H21FN8O4. The third kappa shape index (κ3) is 4.51. The predicted molar refractivity (Wildman–Crippen MR) is 126 cm³/mol. The van der Waals surface area contributed by atoms with E-state index < -0.39 is 18.7 Å². The monoisotopic (exact) mass is 495 g/mol. The highest BCUT2D eigenvalue weighted by Gasteiger charge is 2.22. The highest BCUT2D eigenvalue weighted by atomic mass is 19.1. The van der Waals surface area contributed by atoms with Crippen LogP contribution in [0.5, 0.6) is 5.75 Å². The molecule has 0 saturated carbocycles. The summed E-state index contributed by atoms with van der Waals surface area (Å²) in [6, 6.07) is 7.45. The van der Waals surface area contributed by atoms with Gasteiger partial charge in [-0.3, -0.25) is 4.79 Å². The van der Waals surface area contributed by atoms with Gasteiger partial charge in [-0.05, 0) is 29.8 Å². The molecule has 4 heterocycles. The molecule has 1 aliphatic rings. The van der Waals surface area contributed by atoms with Crippen LogP contribution in [-0.4, -0.2) is 45.4 Å². The van der Waals surface area contributed by atoms with Crippen LogP contribution < -0.4 is 20.7 Å². The lowest BCUT2D eigenvalue weighted by atomic mass is 10.1. The topological polar surface area (TPSA) is 149 Å². The number of aromatic nitrogens is 5. The maximum absolute atomic E-state index is 14.4. The van der Waals surface area contributed by atoms with Gasteiger partial charge in [0, 0.05) is 24.1 Å². The Bertz CT molecular complexity index is 1560. The fraction of sp³-hybridized carbons (Fsp3) is 0.217. The molecule has 0 fully saturated rings. The van der Waals surface area contributed by atoms with Crippen LogP contribution in [-0.2, 0) is 18.0 Å². The Balaban J connectivity index is 1.68. The van der Waals surface area contributed by atoms with Crippen LogP contribution in [0.4, 0.5) is 27.4 Å². The molecule has 1 amide bonds. The zero-order valence-electron chi connectivity index (χ0n) is 22.0. The number of halogens is 1. The van der Waals surface area contributed by atoms with E-state index in [4.69, 9.17) is 18.0 Å². The van der Waals surface area contributed by atoms with E-state index in [0.717, 1.165) is 0 Å². The maximum Gasteiger partial charge on any atom is 0.273 e. The van der Waals surface area contributed by atoms with E-state index in [1.807, 2.05) is 5.32 Å². The summed E-state index contributed by atoms with van der Waals surface area (Å²) in [7, 11) is 1.43. The molecule has 1 aromatic carbocycles. The van der Waals surface area contributed by atoms with Crippen molar-refractivity contribution in [2.45, 2.75) is 20.1 Å². The number of aryl methyl sites for hydroxylation is 1. The van der Waals surface area contributed by atoms with E-state index >= 15 is 0 Å². The highest BCUT2D eigenvalue weighted by molar-refractivity contribution is 5.99. The first-order valence-corrected chi connectivity index (χ1v) is 10.6. The van der Waals surface area contributed by atoms with E-state index in [9.17, 15) is 9.18 Å². The minimum Gasteiger partial charge on any atom is -0.494 e.